The van der Waals surface area contributed by atoms with E-state index in [-0.39, 0.29) is 10.6 Å². The van der Waals surface area contributed by atoms with E-state index in [9.17, 15) is 10.1 Å². The summed E-state index contributed by atoms with van der Waals surface area (Å²) < 4.78 is 0. The van der Waals surface area contributed by atoms with Gasteiger partial charge in [0.25, 0.3) is 5.69 Å². The van der Waals surface area contributed by atoms with Gasteiger partial charge in [-0.05, 0) is 51.8 Å². The van der Waals surface area contributed by atoms with E-state index in [2.05, 4.69) is 16.7 Å². The average Bonchev–Trinajstić information content (AvgIpc) is 3.06. The molecule has 5 nitrogen and oxygen atoms in total. The van der Waals surface area contributed by atoms with Gasteiger partial charge in [0.2, 0.25) is 0 Å². The molecule has 0 saturated carbocycles. The van der Waals surface area contributed by atoms with Crippen molar-refractivity contribution in [1.82, 2.24) is 4.90 Å². The second kappa shape index (κ2) is 5.64. The fraction of sp³-hybridized carbons (Fsp3) is 0.625. The summed E-state index contributed by atoms with van der Waals surface area (Å²) in [7, 11) is 0. The van der Waals surface area contributed by atoms with Crippen molar-refractivity contribution in [2.24, 2.45) is 0 Å². The lowest BCUT2D eigenvalue weighted by Crippen LogP contribution is -2.39. The van der Waals surface area contributed by atoms with Gasteiger partial charge in [-0.25, -0.2) is 0 Å². The number of anilines is 1. The van der Waals surface area contributed by atoms with Crippen LogP contribution in [0.25, 0.3) is 0 Å². The molecule has 2 aliphatic rings. The second-order valence-electron chi connectivity index (χ2n) is 6.35. The molecule has 2 unspecified atom stereocenters. The molecule has 5 heteroatoms. The maximum atomic E-state index is 10.9. The number of nitro groups is 1. The van der Waals surface area contributed by atoms with Crippen molar-refractivity contribution < 1.29 is 4.92 Å². The van der Waals surface area contributed by atoms with Gasteiger partial charge in [-0.2, -0.15) is 0 Å². The molecule has 1 aromatic rings. The van der Waals surface area contributed by atoms with Crippen molar-refractivity contribution >= 4 is 11.4 Å². The molecule has 114 valence electrons. The molecule has 2 aliphatic heterocycles. The molecule has 21 heavy (non-hydrogen) atoms. The summed E-state index contributed by atoms with van der Waals surface area (Å²) >= 11 is 0. The van der Waals surface area contributed by atoms with E-state index in [1.54, 1.807) is 6.07 Å². The van der Waals surface area contributed by atoms with E-state index >= 15 is 0 Å². The lowest BCUT2D eigenvalue weighted by molar-refractivity contribution is -0.385. The van der Waals surface area contributed by atoms with Gasteiger partial charge in [-0.3, -0.25) is 15.0 Å². The molecule has 2 fully saturated rings. The molecule has 0 aromatic heterocycles. The first-order valence-corrected chi connectivity index (χ1v) is 7.82. The van der Waals surface area contributed by atoms with Crippen LogP contribution in [0.5, 0.6) is 0 Å². The number of benzene rings is 1. The molecule has 1 aromatic carbocycles. The van der Waals surface area contributed by atoms with Crippen molar-refractivity contribution in [3.05, 3.63) is 33.9 Å². The molecule has 0 radical (unpaired) electrons. The Balaban J connectivity index is 1.71. The minimum absolute atomic E-state index is 0.211. The lowest BCUT2D eigenvalue weighted by atomic mass is 10.1. The highest BCUT2D eigenvalue weighted by molar-refractivity contribution is 5.56. The molecule has 0 aliphatic carbocycles. The fourth-order valence-corrected chi connectivity index (χ4v) is 3.79. The van der Waals surface area contributed by atoms with Crippen molar-refractivity contribution in [1.29, 1.82) is 0 Å². The molecule has 2 saturated heterocycles. The van der Waals surface area contributed by atoms with Gasteiger partial charge < -0.3 is 4.90 Å². The zero-order chi connectivity index (χ0) is 15.0. The van der Waals surface area contributed by atoms with E-state index in [0.717, 1.165) is 24.3 Å². The zero-order valence-corrected chi connectivity index (χ0v) is 12.8. The van der Waals surface area contributed by atoms with Crippen molar-refractivity contribution in [2.75, 3.05) is 24.5 Å². The zero-order valence-electron chi connectivity index (χ0n) is 12.8. The Morgan fingerprint density at radius 3 is 2.71 bits per heavy atom. The van der Waals surface area contributed by atoms with Gasteiger partial charge in [-0.1, -0.05) is 0 Å². The topological polar surface area (TPSA) is 49.6 Å². The van der Waals surface area contributed by atoms with Crippen molar-refractivity contribution in [2.45, 2.75) is 45.2 Å². The summed E-state index contributed by atoms with van der Waals surface area (Å²) in [6, 6.07) is 6.82. The SMILES string of the molecule is Cc1cc(N2CCC(N3CCCC3C)C2)ccc1[N+](=O)[O-]. The van der Waals surface area contributed by atoms with Crippen LogP contribution in [-0.2, 0) is 0 Å². The van der Waals surface area contributed by atoms with E-state index in [1.165, 1.54) is 25.8 Å². The smallest absolute Gasteiger partial charge is 0.272 e. The largest absolute Gasteiger partial charge is 0.370 e. The van der Waals surface area contributed by atoms with Crippen LogP contribution in [0.3, 0.4) is 0 Å². The minimum Gasteiger partial charge on any atom is -0.370 e. The van der Waals surface area contributed by atoms with E-state index in [0.29, 0.717) is 12.1 Å². The number of aryl methyl sites for hydroxylation is 1. The third kappa shape index (κ3) is 2.75. The summed E-state index contributed by atoms with van der Waals surface area (Å²) in [6.45, 7) is 7.45. The van der Waals surface area contributed by atoms with Crippen molar-refractivity contribution in [3.63, 3.8) is 0 Å². The molecule has 0 bridgehead atoms. The van der Waals surface area contributed by atoms with Gasteiger partial charge >= 0.3 is 0 Å². The quantitative estimate of drug-likeness (QED) is 0.634. The maximum absolute atomic E-state index is 10.9. The maximum Gasteiger partial charge on any atom is 0.272 e. The Bertz CT molecular complexity index is 546. The van der Waals surface area contributed by atoms with Crippen LogP contribution in [0.1, 0.15) is 31.7 Å². The number of hydrogen-bond acceptors (Lipinski definition) is 4. The Morgan fingerprint density at radius 2 is 2.10 bits per heavy atom. The second-order valence-corrected chi connectivity index (χ2v) is 6.35. The predicted octanol–water partition coefficient (Wildman–Crippen LogP) is 2.97. The van der Waals surface area contributed by atoms with Gasteiger partial charge in [-0.15, -0.1) is 0 Å². The highest BCUT2D eigenvalue weighted by atomic mass is 16.6. The number of nitro benzene ring substituents is 1. The highest BCUT2D eigenvalue weighted by Gasteiger charge is 2.33. The van der Waals surface area contributed by atoms with Crippen LogP contribution in [0.2, 0.25) is 0 Å². The van der Waals surface area contributed by atoms with Crippen LogP contribution in [0.4, 0.5) is 11.4 Å². The van der Waals surface area contributed by atoms with Gasteiger partial charge in [0.15, 0.2) is 0 Å². The third-order valence-corrected chi connectivity index (χ3v) is 4.98. The first kappa shape index (κ1) is 14.3. The highest BCUT2D eigenvalue weighted by Crippen LogP contribution is 2.30. The van der Waals surface area contributed by atoms with Gasteiger partial charge in [0.05, 0.1) is 4.92 Å². The number of rotatable bonds is 3. The Labute approximate surface area is 125 Å². The first-order chi connectivity index (χ1) is 10.1. The Morgan fingerprint density at radius 1 is 1.29 bits per heavy atom. The summed E-state index contributed by atoms with van der Waals surface area (Å²) in [4.78, 5) is 15.6. The summed E-state index contributed by atoms with van der Waals surface area (Å²) in [6.07, 6.45) is 3.82. The molecule has 2 atom stereocenters. The molecule has 3 rings (SSSR count). The monoisotopic (exact) mass is 289 g/mol. The number of likely N-dealkylation sites (tertiary alicyclic amines) is 1. The summed E-state index contributed by atoms with van der Waals surface area (Å²) in [5.74, 6) is 0. The van der Waals surface area contributed by atoms with Crippen LogP contribution < -0.4 is 4.90 Å². The molecule has 0 N–H and O–H groups in total. The third-order valence-electron chi connectivity index (χ3n) is 4.98. The number of hydrogen-bond donors (Lipinski definition) is 0. The van der Waals surface area contributed by atoms with E-state index in [4.69, 9.17) is 0 Å². The lowest BCUT2D eigenvalue weighted by Gasteiger charge is -2.28. The van der Waals surface area contributed by atoms with Gasteiger partial charge in [0, 0.05) is 42.5 Å². The fourth-order valence-electron chi connectivity index (χ4n) is 3.79. The average molecular weight is 289 g/mol. The van der Waals surface area contributed by atoms with Gasteiger partial charge in [0.1, 0.15) is 0 Å². The van der Waals surface area contributed by atoms with E-state index in [1.807, 2.05) is 19.1 Å². The number of nitrogens with zero attached hydrogens (tertiary/aromatic N) is 3. The van der Waals surface area contributed by atoms with Crippen LogP contribution in [-0.4, -0.2) is 41.5 Å². The molecule has 0 amide bonds. The first-order valence-electron chi connectivity index (χ1n) is 7.82. The summed E-state index contributed by atoms with van der Waals surface area (Å²) in [5.41, 5.74) is 2.07. The Kier molecular flexibility index (Phi) is 3.85. The summed E-state index contributed by atoms with van der Waals surface area (Å²) in [5, 5.41) is 10.9. The van der Waals surface area contributed by atoms with Crippen LogP contribution in [0, 0.1) is 17.0 Å². The predicted molar refractivity (Wildman–Crippen MR) is 83.9 cm³/mol. The molecular weight excluding hydrogens is 266 g/mol. The normalized spacial score (nSPS) is 26.5. The minimum atomic E-state index is -0.308. The molecule has 2 heterocycles. The van der Waals surface area contributed by atoms with Crippen molar-refractivity contribution in [3.8, 4) is 0 Å². The molecule has 0 spiro atoms. The Hall–Kier alpha value is -1.62. The standard InChI is InChI=1S/C16H23N3O2/c1-12-10-14(5-6-16(12)19(20)21)17-9-7-15(11-17)18-8-3-4-13(18)2/h5-6,10,13,15H,3-4,7-9,11H2,1-2H3. The van der Waals surface area contributed by atoms with Crippen LogP contribution in [0.15, 0.2) is 18.2 Å². The molecular formula is C16H23N3O2. The van der Waals surface area contributed by atoms with E-state index < -0.39 is 0 Å². The van der Waals surface area contributed by atoms with Crippen LogP contribution >= 0.6 is 0 Å².